The lowest BCUT2D eigenvalue weighted by molar-refractivity contribution is -0.145. The van der Waals surface area contributed by atoms with Crippen LogP contribution < -0.4 is 10.1 Å². The van der Waals surface area contributed by atoms with E-state index >= 15 is 0 Å². The summed E-state index contributed by atoms with van der Waals surface area (Å²) in [5, 5.41) is 3.00. The molecule has 0 aliphatic carbocycles. The van der Waals surface area contributed by atoms with Gasteiger partial charge in [0.2, 0.25) is 5.91 Å². The average molecular weight is 466 g/mol. The van der Waals surface area contributed by atoms with E-state index in [4.69, 9.17) is 9.47 Å². The fraction of sp³-hybridized carbons (Fsp3) is 0.133. The van der Waals surface area contributed by atoms with Gasteiger partial charge in [0.05, 0.1) is 14.2 Å². The molecule has 0 unspecified atom stereocenters. The molecule has 0 spiro atoms. The van der Waals surface area contributed by atoms with Crippen LogP contribution in [0.3, 0.4) is 0 Å². The Morgan fingerprint density at radius 3 is 1.46 bits per heavy atom. The molecule has 0 aliphatic heterocycles. The largest absolute Gasteiger partial charge is 0.497 e. The van der Waals surface area contributed by atoms with E-state index in [1.54, 1.807) is 31.4 Å². The van der Waals surface area contributed by atoms with Crippen molar-refractivity contribution in [2.75, 3.05) is 14.2 Å². The number of hydrogen-bond acceptors (Lipinski definition) is 4. The minimum Gasteiger partial charge on any atom is -0.497 e. The van der Waals surface area contributed by atoms with Gasteiger partial charge in [0.15, 0.2) is 6.04 Å². The first kappa shape index (κ1) is 23.8. The van der Waals surface area contributed by atoms with E-state index in [1.165, 1.54) is 7.11 Å². The van der Waals surface area contributed by atoms with Crippen molar-refractivity contribution in [3.63, 3.8) is 0 Å². The van der Waals surface area contributed by atoms with Gasteiger partial charge in [0.1, 0.15) is 11.2 Å². The Morgan fingerprint density at radius 1 is 0.657 bits per heavy atom. The molecule has 0 bridgehead atoms. The highest BCUT2D eigenvalue weighted by atomic mass is 16.5. The van der Waals surface area contributed by atoms with Gasteiger partial charge < -0.3 is 14.8 Å². The van der Waals surface area contributed by atoms with Crippen LogP contribution in [-0.4, -0.2) is 26.1 Å². The van der Waals surface area contributed by atoms with Crippen molar-refractivity contribution in [2.24, 2.45) is 0 Å². The molecule has 4 aromatic carbocycles. The lowest BCUT2D eigenvalue weighted by Gasteiger charge is -2.35. The molecule has 176 valence electrons. The minimum absolute atomic E-state index is 0.340. The van der Waals surface area contributed by atoms with E-state index in [9.17, 15) is 9.59 Å². The Bertz CT molecular complexity index is 1160. The van der Waals surface area contributed by atoms with E-state index in [2.05, 4.69) is 5.32 Å². The molecule has 4 rings (SSSR count). The van der Waals surface area contributed by atoms with E-state index in [-0.39, 0.29) is 5.91 Å². The van der Waals surface area contributed by atoms with Gasteiger partial charge in [-0.05, 0) is 34.4 Å². The Labute approximate surface area is 205 Å². The van der Waals surface area contributed by atoms with Crippen molar-refractivity contribution in [1.29, 1.82) is 0 Å². The number of rotatable bonds is 8. The number of benzene rings is 4. The van der Waals surface area contributed by atoms with Crippen LogP contribution in [0.15, 0.2) is 115 Å². The molecule has 1 atom stereocenters. The predicted molar refractivity (Wildman–Crippen MR) is 135 cm³/mol. The molecule has 0 aromatic heterocycles. The first-order valence-corrected chi connectivity index (χ1v) is 11.3. The molecular formula is C30H27NO4. The Balaban J connectivity index is 1.89. The molecule has 5 nitrogen and oxygen atoms in total. The van der Waals surface area contributed by atoms with Crippen molar-refractivity contribution in [3.05, 3.63) is 138 Å². The second-order valence-electron chi connectivity index (χ2n) is 8.05. The average Bonchev–Trinajstić information content (AvgIpc) is 2.93. The SMILES string of the molecule is COC(=O)[C@H](NC(=O)C(c1ccccc1)(c1ccccc1)c1ccccc1)c1ccc(OC)cc1. The summed E-state index contributed by atoms with van der Waals surface area (Å²) in [6.45, 7) is 0. The quantitative estimate of drug-likeness (QED) is 0.292. The van der Waals surface area contributed by atoms with E-state index in [0.717, 1.165) is 16.7 Å². The molecule has 5 heteroatoms. The van der Waals surface area contributed by atoms with Gasteiger partial charge in [0.25, 0.3) is 0 Å². The van der Waals surface area contributed by atoms with Crippen molar-refractivity contribution in [2.45, 2.75) is 11.5 Å². The number of nitrogens with one attached hydrogen (secondary N) is 1. The first-order valence-electron chi connectivity index (χ1n) is 11.3. The zero-order valence-electron chi connectivity index (χ0n) is 19.7. The molecule has 4 aromatic rings. The minimum atomic E-state index is -1.21. The summed E-state index contributed by atoms with van der Waals surface area (Å²) in [6, 6.07) is 34.7. The summed E-state index contributed by atoms with van der Waals surface area (Å²) >= 11 is 0. The molecule has 0 saturated carbocycles. The standard InChI is InChI=1S/C30H27NO4/c1-34-26-20-18-22(19-21-26)27(28(32)35-2)31-29(33)30(23-12-6-3-7-13-23,24-14-8-4-9-15-24)25-16-10-5-11-17-25/h3-21,27H,1-2H3,(H,31,33)/t27-/m1/s1. The van der Waals surface area contributed by atoms with Crippen LogP contribution in [0.4, 0.5) is 0 Å². The monoisotopic (exact) mass is 465 g/mol. The first-order chi connectivity index (χ1) is 17.1. The number of hydrogen-bond donors (Lipinski definition) is 1. The van der Waals surface area contributed by atoms with Gasteiger partial charge in [-0.2, -0.15) is 0 Å². The zero-order chi connectivity index (χ0) is 24.7. The normalized spacial score (nSPS) is 11.8. The lowest BCUT2D eigenvalue weighted by atomic mass is 9.68. The highest BCUT2D eigenvalue weighted by molar-refractivity contribution is 5.98. The van der Waals surface area contributed by atoms with Crippen molar-refractivity contribution in [1.82, 2.24) is 5.32 Å². The van der Waals surface area contributed by atoms with Crippen LogP contribution in [0, 0.1) is 0 Å². The van der Waals surface area contributed by atoms with Gasteiger partial charge in [-0.15, -0.1) is 0 Å². The maximum Gasteiger partial charge on any atom is 0.333 e. The van der Waals surface area contributed by atoms with E-state index in [0.29, 0.717) is 11.3 Å². The third kappa shape index (κ3) is 4.66. The molecule has 1 amide bonds. The van der Waals surface area contributed by atoms with Crippen LogP contribution in [-0.2, 0) is 19.7 Å². The number of carbonyl (C=O) groups excluding carboxylic acids is 2. The zero-order valence-corrected chi connectivity index (χ0v) is 19.7. The number of methoxy groups -OCH3 is 2. The van der Waals surface area contributed by atoms with Gasteiger partial charge in [0, 0.05) is 0 Å². The molecule has 0 fully saturated rings. The van der Waals surface area contributed by atoms with Crippen LogP contribution in [0.25, 0.3) is 0 Å². The predicted octanol–water partition coefficient (Wildman–Crippen LogP) is 5.06. The second-order valence-corrected chi connectivity index (χ2v) is 8.05. The topological polar surface area (TPSA) is 64.6 Å². The number of carbonyl (C=O) groups is 2. The molecule has 0 radical (unpaired) electrons. The summed E-state index contributed by atoms with van der Waals surface area (Å²) in [5.41, 5.74) is 1.74. The Kier molecular flexibility index (Phi) is 7.27. The van der Waals surface area contributed by atoms with Gasteiger partial charge in [-0.3, -0.25) is 4.79 Å². The molecule has 0 aliphatic rings. The lowest BCUT2D eigenvalue weighted by Crippen LogP contribution is -2.49. The molecule has 35 heavy (non-hydrogen) atoms. The summed E-state index contributed by atoms with van der Waals surface area (Å²) in [4.78, 5) is 27.3. The van der Waals surface area contributed by atoms with E-state index < -0.39 is 17.4 Å². The van der Waals surface area contributed by atoms with Crippen LogP contribution >= 0.6 is 0 Å². The fourth-order valence-electron chi connectivity index (χ4n) is 4.39. The molecule has 1 N–H and O–H groups in total. The maximum absolute atomic E-state index is 14.5. The maximum atomic E-state index is 14.5. The van der Waals surface area contributed by atoms with Crippen molar-refractivity contribution >= 4 is 11.9 Å². The van der Waals surface area contributed by atoms with Gasteiger partial charge in [-0.1, -0.05) is 103 Å². The Hall–Kier alpha value is -4.38. The molecule has 0 heterocycles. The van der Waals surface area contributed by atoms with Crippen LogP contribution in [0.2, 0.25) is 0 Å². The van der Waals surface area contributed by atoms with E-state index in [1.807, 2.05) is 91.0 Å². The van der Waals surface area contributed by atoms with Crippen LogP contribution in [0.5, 0.6) is 5.75 Å². The third-order valence-corrected chi connectivity index (χ3v) is 6.12. The second kappa shape index (κ2) is 10.7. The highest BCUT2D eigenvalue weighted by Gasteiger charge is 2.45. The van der Waals surface area contributed by atoms with Crippen LogP contribution in [0.1, 0.15) is 28.3 Å². The summed E-state index contributed by atoms with van der Waals surface area (Å²) in [5.74, 6) is -0.255. The Morgan fingerprint density at radius 2 is 1.09 bits per heavy atom. The fourth-order valence-corrected chi connectivity index (χ4v) is 4.39. The molecule has 0 saturated heterocycles. The number of ether oxygens (including phenoxy) is 2. The summed E-state index contributed by atoms with van der Waals surface area (Å²) in [6.07, 6.45) is 0. The highest BCUT2D eigenvalue weighted by Crippen LogP contribution is 2.40. The molecular weight excluding hydrogens is 438 g/mol. The number of esters is 1. The van der Waals surface area contributed by atoms with Crippen molar-refractivity contribution < 1.29 is 19.1 Å². The summed E-state index contributed by atoms with van der Waals surface area (Å²) < 4.78 is 10.3. The third-order valence-electron chi connectivity index (χ3n) is 6.12. The summed E-state index contributed by atoms with van der Waals surface area (Å²) in [7, 11) is 2.88. The van der Waals surface area contributed by atoms with Crippen molar-refractivity contribution in [3.8, 4) is 5.75 Å². The van der Waals surface area contributed by atoms with Gasteiger partial charge in [-0.25, -0.2) is 4.79 Å². The number of amides is 1. The smallest absolute Gasteiger partial charge is 0.333 e. The van der Waals surface area contributed by atoms with Gasteiger partial charge >= 0.3 is 5.97 Å².